The molecule has 1 saturated carbocycles. The Bertz CT molecular complexity index is 284. The maximum atomic E-state index is 12.4. The molecule has 1 unspecified atom stereocenters. The minimum absolute atomic E-state index is 0.0822. The van der Waals surface area contributed by atoms with Crippen molar-refractivity contribution in [3.63, 3.8) is 0 Å². The summed E-state index contributed by atoms with van der Waals surface area (Å²) >= 11 is 3.09. The minimum atomic E-state index is -2.54. The van der Waals surface area contributed by atoms with Gasteiger partial charge in [0, 0.05) is 12.6 Å². The molecule has 1 fully saturated rings. The quantitative estimate of drug-likeness (QED) is 0.713. The number of hydrogen-bond acceptors (Lipinski definition) is 1. The Morgan fingerprint density at radius 2 is 2.36 bits per heavy atom. The summed E-state index contributed by atoms with van der Waals surface area (Å²) < 4.78 is 26.7. The van der Waals surface area contributed by atoms with Crippen molar-refractivity contribution >= 4 is 15.9 Å². The zero-order chi connectivity index (χ0) is 8.06. The average molecular weight is 223 g/mol. The summed E-state index contributed by atoms with van der Waals surface area (Å²) in [6, 6.07) is 0.933. The van der Waals surface area contributed by atoms with E-state index in [1.165, 1.54) is 4.68 Å². The Morgan fingerprint density at radius 1 is 1.73 bits per heavy atom. The monoisotopic (exact) mass is 222 g/mol. The fourth-order valence-electron chi connectivity index (χ4n) is 0.974. The summed E-state index contributed by atoms with van der Waals surface area (Å²) in [5.74, 6) is -2.54. The van der Waals surface area contributed by atoms with Crippen LogP contribution in [0, 0.1) is 0 Å². The summed E-state index contributed by atoms with van der Waals surface area (Å²) in [5, 5.41) is 3.82. The van der Waals surface area contributed by atoms with E-state index in [2.05, 4.69) is 21.0 Å². The molecule has 0 aromatic carbocycles. The Labute approximate surface area is 70.3 Å². The second-order valence-electron chi connectivity index (χ2n) is 2.60. The zero-order valence-corrected chi connectivity index (χ0v) is 7.05. The van der Waals surface area contributed by atoms with E-state index in [1.807, 2.05) is 0 Å². The molecule has 60 valence electrons. The smallest absolute Gasteiger partial charge is 0.262 e. The van der Waals surface area contributed by atoms with Crippen LogP contribution < -0.4 is 0 Å². The third kappa shape index (κ3) is 1.17. The maximum absolute atomic E-state index is 12.4. The largest absolute Gasteiger partial charge is 0.272 e. The van der Waals surface area contributed by atoms with Crippen molar-refractivity contribution in [3.8, 4) is 0 Å². The molecule has 0 spiro atoms. The molecule has 0 aliphatic heterocycles. The van der Waals surface area contributed by atoms with Gasteiger partial charge in [0.25, 0.3) is 5.92 Å². The van der Waals surface area contributed by atoms with Gasteiger partial charge in [-0.2, -0.15) is 5.10 Å². The first kappa shape index (κ1) is 7.21. The van der Waals surface area contributed by atoms with Crippen molar-refractivity contribution in [2.24, 2.45) is 0 Å². The molecule has 1 atom stereocenters. The lowest BCUT2D eigenvalue weighted by atomic mass is 10.6. The van der Waals surface area contributed by atoms with Gasteiger partial charge >= 0.3 is 0 Å². The van der Waals surface area contributed by atoms with Gasteiger partial charge in [0.15, 0.2) is 0 Å². The van der Waals surface area contributed by atoms with Crippen molar-refractivity contribution in [2.75, 3.05) is 0 Å². The van der Waals surface area contributed by atoms with Gasteiger partial charge in [-0.15, -0.1) is 0 Å². The van der Waals surface area contributed by atoms with E-state index in [4.69, 9.17) is 0 Å². The molecule has 1 heterocycles. The number of rotatable bonds is 1. The van der Waals surface area contributed by atoms with Crippen LogP contribution >= 0.6 is 15.9 Å². The Morgan fingerprint density at radius 3 is 2.73 bits per heavy atom. The predicted molar refractivity (Wildman–Crippen MR) is 38.5 cm³/mol. The molecule has 11 heavy (non-hydrogen) atoms. The van der Waals surface area contributed by atoms with E-state index in [1.54, 1.807) is 12.3 Å². The molecule has 0 N–H and O–H groups in total. The lowest BCUT2D eigenvalue weighted by Crippen LogP contribution is -2.02. The summed E-state index contributed by atoms with van der Waals surface area (Å²) in [7, 11) is 0. The molecular weight excluding hydrogens is 218 g/mol. The number of hydrogen-bond donors (Lipinski definition) is 0. The van der Waals surface area contributed by atoms with Crippen LogP contribution in [0.1, 0.15) is 12.5 Å². The van der Waals surface area contributed by atoms with Crippen LogP contribution in [0.3, 0.4) is 0 Å². The average Bonchev–Trinajstić information content (AvgIpc) is 2.39. The third-order valence-corrected chi connectivity index (χ3v) is 2.11. The number of nitrogens with zero attached hydrogens (tertiary/aromatic N) is 2. The van der Waals surface area contributed by atoms with Crippen molar-refractivity contribution in [1.29, 1.82) is 0 Å². The van der Waals surface area contributed by atoms with Crippen LogP contribution in [0.5, 0.6) is 0 Å². The second kappa shape index (κ2) is 2.03. The Hall–Kier alpha value is -0.450. The standard InChI is InChI=1S/C6H5BrF2N2/c7-5-1-2-11(10-5)4-3-6(4,8)9/h1-2,4H,3H2. The van der Waals surface area contributed by atoms with Gasteiger partial charge in [0.05, 0.1) is 0 Å². The normalized spacial score (nSPS) is 27.0. The lowest BCUT2D eigenvalue weighted by molar-refractivity contribution is 0.0983. The first-order valence-electron chi connectivity index (χ1n) is 3.18. The Kier molecular flexibility index (Phi) is 1.33. The van der Waals surface area contributed by atoms with Gasteiger partial charge in [0.1, 0.15) is 10.6 Å². The highest BCUT2D eigenvalue weighted by Crippen LogP contribution is 2.52. The highest BCUT2D eigenvalue weighted by molar-refractivity contribution is 9.10. The highest BCUT2D eigenvalue weighted by Gasteiger charge is 2.58. The summed E-state index contributed by atoms with van der Waals surface area (Å²) in [5.41, 5.74) is 0. The molecule has 1 aromatic rings. The van der Waals surface area contributed by atoms with E-state index < -0.39 is 12.0 Å². The molecule has 0 saturated heterocycles. The third-order valence-electron chi connectivity index (χ3n) is 1.69. The zero-order valence-electron chi connectivity index (χ0n) is 5.47. The molecule has 2 nitrogen and oxygen atoms in total. The molecular formula is C6H5BrF2N2. The van der Waals surface area contributed by atoms with Crippen LogP contribution in [0.25, 0.3) is 0 Å². The molecule has 5 heteroatoms. The van der Waals surface area contributed by atoms with E-state index in [0.717, 1.165) is 0 Å². The first-order valence-corrected chi connectivity index (χ1v) is 3.97. The van der Waals surface area contributed by atoms with Gasteiger partial charge < -0.3 is 0 Å². The van der Waals surface area contributed by atoms with E-state index in [9.17, 15) is 8.78 Å². The lowest BCUT2D eigenvalue weighted by Gasteiger charge is -1.96. The molecule has 1 aliphatic rings. The van der Waals surface area contributed by atoms with Crippen molar-refractivity contribution in [2.45, 2.75) is 18.4 Å². The van der Waals surface area contributed by atoms with Crippen LogP contribution in [0.15, 0.2) is 16.9 Å². The second-order valence-corrected chi connectivity index (χ2v) is 3.41. The SMILES string of the molecule is FC1(F)CC1n1ccc(Br)n1. The summed E-state index contributed by atoms with van der Waals surface area (Å²) in [6.07, 6.45) is 1.47. The van der Waals surface area contributed by atoms with Crippen molar-refractivity contribution < 1.29 is 8.78 Å². The van der Waals surface area contributed by atoms with E-state index in [0.29, 0.717) is 4.60 Å². The van der Waals surface area contributed by atoms with Crippen LogP contribution in [0.4, 0.5) is 8.78 Å². The van der Waals surface area contributed by atoms with Gasteiger partial charge in [0.2, 0.25) is 0 Å². The van der Waals surface area contributed by atoms with Crippen LogP contribution in [-0.2, 0) is 0 Å². The number of alkyl halides is 2. The van der Waals surface area contributed by atoms with Gasteiger partial charge in [-0.3, -0.25) is 4.68 Å². The molecule has 1 aliphatic carbocycles. The summed E-state index contributed by atoms with van der Waals surface area (Å²) in [6.45, 7) is 0. The van der Waals surface area contributed by atoms with Crippen LogP contribution in [0.2, 0.25) is 0 Å². The maximum Gasteiger partial charge on any atom is 0.272 e. The fraction of sp³-hybridized carbons (Fsp3) is 0.500. The minimum Gasteiger partial charge on any atom is -0.262 e. The Balaban J connectivity index is 2.20. The first-order chi connectivity index (χ1) is 5.09. The highest BCUT2D eigenvalue weighted by atomic mass is 79.9. The molecule has 1 aromatic heterocycles. The van der Waals surface area contributed by atoms with Gasteiger partial charge in [-0.1, -0.05) is 0 Å². The van der Waals surface area contributed by atoms with Crippen molar-refractivity contribution in [3.05, 3.63) is 16.9 Å². The topological polar surface area (TPSA) is 17.8 Å². The van der Waals surface area contributed by atoms with Crippen molar-refractivity contribution in [1.82, 2.24) is 9.78 Å². The van der Waals surface area contributed by atoms with Gasteiger partial charge in [-0.25, -0.2) is 8.78 Å². The molecule has 0 amide bonds. The summed E-state index contributed by atoms with van der Waals surface area (Å²) in [4.78, 5) is 0. The molecule has 2 rings (SSSR count). The van der Waals surface area contributed by atoms with E-state index in [-0.39, 0.29) is 6.42 Å². The van der Waals surface area contributed by atoms with Gasteiger partial charge in [-0.05, 0) is 22.0 Å². The predicted octanol–water partition coefficient (Wildman–Crippen LogP) is 2.23. The fourth-order valence-corrected chi connectivity index (χ4v) is 1.28. The number of halogens is 3. The molecule has 0 bridgehead atoms. The van der Waals surface area contributed by atoms with E-state index >= 15 is 0 Å². The molecule has 0 radical (unpaired) electrons. The van der Waals surface area contributed by atoms with Crippen LogP contribution in [-0.4, -0.2) is 15.7 Å². The number of aromatic nitrogens is 2.